The molecular formula is C13H27NO3. The Morgan fingerprint density at radius 1 is 1.18 bits per heavy atom. The van der Waals surface area contributed by atoms with Crippen LogP contribution in [0.1, 0.15) is 46.5 Å². The normalized spacial score (nSPS) is 11.5. The first-order valence-corrected chi connectivity index (χ1v) is 6.58. The Morgan fingerprint density at radius 3 is 2.18 bits per heavy atom. The number of esters is 1. The summed E-state index contributed by atoms with van der Waals surface area (Å²) in [7, 11) is 1.66. The van der Waals surface area contributed by atoms with E-state index in [0.717, 1.165) is 25.7 Å². The Kier molecular flexibility index (Phi) is 9.09. The molecule has 0 heterocycles. The van der Waals surface area contributed by atoms with Gasteiger partial charge in [0.2, 0.25) is 0 Å². The Labute approximate surface area is 105 Å². The van der Waals surface area contributed by atoms with Crippen molar-refractivity contribution < 1.29 is 14.3 Å². The summed E-state index contributed by atoms with van der Waals surface area (Å²) >= 11 is 0. The fraction of sp³-hybridized carbons (Fsp3) is 0.923. The molecule has 17 heavy (non-hydrogen) atoms. The second-order valence-electron chi connectivity index (χ2n) is 4.22. The fourth-order valence-corrected chi connectivity index (χ4v) is 2.09. The first-order chi connectivity index (χ1) is 8.16. The van der Waals surface area contributed by atoms with Crippen molar-refractivity contribution in [3.8, 4) is 0 Å². The van der Waals surface area contributed by atoms with E-state index in [9.17, 15) is 4.79 Å². The van der Waals surface area contributed by atoms with E-state index in [0.29, 0.717) is 19.8 Å². The lowest BCUT2D eigenvalue weighted by Crippen LogP contribution is -2.53. The highest BCUT2D eigenvalue weighted by Gasteiger charge is 2.37. The average molecular weight is 245 g/mol. The van der Waals surface area contributed by atoms with Crippen LogP contribution in [-0.4, -0.2) is 38.4 Å². The molecule has 0 saturated carbocycles. The smallest absolute Gasteiger partial charge is 0.326 e. The van der Waals surface area contributed by atoms with E-state index in [4.69, 9.17) is 9.47 Å². The first-order valence-electron chi connectivity index (χ1n) is 6.58. The molecule has 0 aromatic carbocycles. The number of ether oxygens (including phenoxy) is 2. The zero-order chi connectivity index (χ0) is 13.1. The number of methoxy groups -OCH3 is 1. The summed E-state index contributed by atoms with van der Waals surface area (Å²) < 4.78 is 10.2. The molecule has 0 aromatic heterocycles. The summed E-state index contributed by atoms with van der Waals surface area (Å²) in [6, 6.07) is 0. The van der Waals surface area contributed by atoms with E-state index in [1.165, 1.54) is 0 Å². The molecule has 0 spiro atoms. The van der Waals surface area contributed by atoms with Crippen LogP contribution < -0.4 is 5.32 Å². The van der Waals surface area contributed by atoms with Crippen LogP contribution in [0.4, 0.5) is 0 Å². The molecular weight excluding hydrogens is 218 g/mol. The Hall–Kier alpha value is -0.610. The molecule has 102 valence electrons. The number of hydrogen-bond acceptors (Lipinski definition) is 4. The standard InChI is InChI=1S/C13H27NO3/c1-5-8-13(9-6-2,12(15)17-7-3)14-10-11-16-4/h14H,5-11H2,1-4H3. The van der Waals surface area contributed by atoms with Gasteiger partial charge in [0, 0.05) is 13.7 Å². The lowest BCUT2D eigenvalue weighted by molar-refractivity contribution is -0.152. The number of rotatable bonds is 10. The third-order valence-electron chi connectivity index (χ3n) is 2.79. The Bertz CT molecular complexity index is 201. The second-order valence-corrected chi connectivity index (χ2v) is 4.22. The molecule has 0 rings (SSSR count). The summed E-state index contributed by atoms with van der Waals surface area (Å²) in [5, 5.41) is 3.32. The van der Waals surface area contributed by atoms with Crippen molar-refractivity contribution in [1.29, 1.82) is 0 Å². The maximum absolute atomic E-state index is 12.1. The number of carbonyl (C=O) groups excluding carboxylic acids is 1. The fourth-order valence-electron chi connectivity index (χ4n) is 2.09. The zero-order valence-electron chi connectivity index (χ0n) is 11.7. The van der Waals surface area contributed by atoms with E-state index in [2.05, 4.69) is 19.2 Å². The second kappa shape index (κ2) is 9.42. The third-order valence-corrected chi connectivity index (χ3v) is 2.79. The number of carbonyl (C=O) groups is 1. The van der Waals surface area contributed by atoms with Crippen molar-refractivity contribution in [3.63, 3.8) is 0 Å². The molecule has 0 aliphatic heterocycles. The van der Waals surface area contributed by atoms with Crippen LogP contribution in [0.15, 0.2) is 0 Å². The van der Waals surface area contributed by atoms with E-state index >= 15 is 0 Å². The molecule has 0 aromatic rings. The minimum absolute atomic E-state index is 0.125. The van der Waals surface area contributed by atoms with Gasteiger partial charge in [-0.3, -0.25) is 10.1 Å². The predicted molar refractivity (Wildman–Crippen MR) is 69.1 cm³/mol. The van der Waals surface area contributed by atoms with Crippen molar-refractivity contribution in [2.75, 3.05) is 26.9 Å². The lowest BCUT2D eigenvalue weighted by Gasteiger charge is -2.32. The van der Waals surface area contributed by atoms with Crippen molar-refractivity contribution in [2.24, 2.45) is 0 Å². The highest BCUT2D eigenvalue weighted by molar-refractivity contribution is 5.80. The van der Waals surface area contributed by atoms with Gasteiger partial charge in [-0.25, -0.2) is 0 Å². The monoisotopic (exact) mass is 245 g/mol. The zero-order valence-corrected chi connectivity index (χ0v) is 11.7. The van der Waals surface area contributed by atoms with Gasteiger partial charge in [0.25, 0.3) is 0 Å². The van der Waals surface area contributed by atoms with Crippen LogP contribution in [-0.2, 0) is 14.3 Å². The quantitative estimate of drug-likeness (QED) is 0.473. The first kappa shape index (κ1) is 16.4. The minimum atomic E-state index is -0.530. The largest absolute Gasteiger partial charge is 0.465 e. The van der Waals surface area contributed by atoms with E-state index in [1.807, 2.05) is 6.92 Å². The average Bonchev–Trinajstić information content (AvgIpc) is 2.30. The topological polar surface area (TPSA) is 47.6 Å². The van der Waals surface area contributed by atoms with Gasteiger partial charge in [-0.1, -0.05) is 26.7 Å². The van der Waals surface area contributed by atoms with Crippen molar-refractivity contribution in [2.45, 2.75) is 52.0 Å². The maximum Gasteiger partial charge on any atom is 0.326 e. The van der Waals surface area contributed by atoms with Crippen LogP contribution in [0.2, 0.25) is 0 Å². The summed E-state index contributed by atoms with van der Waals surface area (Å²) in [6.45, 7) is 7.73. The van der Waals surface area contributed by atoms with Crippen molar-refractivity contribution in [1.82, 2.24) is 5.32 Å². The summed E-state index contributed by atoms with van der Waals surface area (Å²) in [5.74, 6) is -0.125. The third kappa shape index (κ3) is 5.50. The molecule has 0 unspecified atom stereocenters. The molecule has 1 N–H and O–H groups in total. The Balaban J connectivity index is 4.64. The van der Waals surface area contributed by atoms with Gasteiger partial charge >= 0.3 is 5.97 Å². The van der Waals surface area contributed by atoms with Crippen molar-refractivity contribution in [3.05, 3.63) is 0 Å². The van der Waals surface area contributed by atoms with E-state index in [-0.39, 0.29) is 5.97 Å². The Morgan fingerprint density at radius 2 is 1.76 bits per heavy atom. The van der Waals surface area contributed by atoms with Gasteiger partial charge in [-0.15, -0.1) is 0 Å². The van der Waals surface area contributed by atoms with Gasteiger partial charge in [0.1, 0.15) is 5.54 Å². The van der Waals surface area contributed by atoms with Gasteiger partial charge in [-0.05, 0) is 19.8 Å². The SMILES string of the molecule is CCCC(CCC)(NCCOC)C(=O)OCC. The molecule has 4 nitrogen and oxygen atoms in total. The molecule has 0 radical (unpaired) electrons. The van der Waals surface area contributed by atoms with E-state index in [1.54, 1.807) is 7.11 Å². The molecule has 0 amide bonds. The molecule has 0 atom stereocenters. The molecule has 0 fully saturated rings. The van der Waals surface area contributed by atoms with Crippen molar-refractivity contribution >= 4 is 5.97 Å². The lowest BCUT2D eigenvalue weighted by atomic mass is 9.88. The highest BCUT2D eigenvalue weighted by Crippen LogP contribution is 2.21. The van der Waals surface area contributed by atoms with Gasteiger partial charge < -0.3 is 9.47 Å². The minimum Gasteiger partial charge on any atom is -0.465 e. The molecule has 0 saturated heterocycles. The van der Waals surface area contributed by atoms with Crippen LogP contribution >= 0.6 is 0 Å². The van der Waals surface area contributed by atoms with Crippen LogP contribution in [0, 0.1) is 0 Å². The molecule has 0 bridgehead atoms. The predicted octanol–water partition coefficient (Wildman–Crippen LogP) is 2.12. The molecule has 0 aliphatic carbocycles. The van der Waals surface area contributed by atoms with Gasteiger partial charge in [-0.2, -0.15) is 0 Å². The number of hydrogen-bond donors (Lipinski definition) is 1. The van der Waals surface area contributed by atoms with Gasteiger partial charge in [0.15, 0.2) is 0 Å². The summed E-state index contributed by atoms with van der Waals surface area (Å²) in [4.78, 5) is 12.1. The number of nitrogens with one attached hydrogen (secondary N) is 1. The van der Waals surface area contributed by atoms with Gasteiger partial charge in [0.05, 0.1) is 13.2 Å². The summed E-state index contributed by atoms with van der Waals surface area (Å²) in [5.41, 5.74) is -0.530. The molecule has 4 heteroatoms. The van der Waals surface area contributed by atoms with Crippen LogP contribution in [0.5, 0.6) is 0 Å². The highest BCUT2D eigenvalue weighted by atomic mass is 16.5. The summed E-state index contributed by atoms with van der Waals surface area (Å²) in [6.07, 6.45) is 3.53. The van der Waals surface area contributed by atoms with E-state index < -0.39 is 5.54 Å². The molecule has 0 aliphatic rings. The maximum atomic E-state index is 12.1. The van der Waals surface area contributed by atoms with Crippen LogP contribution in [0.25, 0.3) is 0 Å². The van der Waals surface area contributed by atoms with Crippen LogP contribution in [0.3, 0.4) is 0 Å².